The minimum absolute atomic E-state index is 0.103. The Kier molecular flexibility index (Phi) is 7.04. The van der Waals surface area contributed by atoms with Crippen LogP contribution < -0.4 is 14.8 Å². The molecule has 10 heteroatoms. The van der Waals surface area contributed by atoms with Crippen molar-refractivity contribution in [2.45, 2.75) is 38.1 Å². The summed E-state index contributed by atoms with van der Waals surface area (Å²) < 4.78 is 33.2. The monoisotopic (exact) mass is 460 g/mol. The van der Waals surface area contributed by atoms with Crippen LogP contribution in [0.25, 0.3) is 0 Å². The summed E-state index contributed by atoms with van der Waals surface area (Å²) >= 11 is 0.782. The number of hydrogen-bond donors (Lipinski definition) is 2. The van der Waals surface area contributed by atoms with E-state index in [1.165, 1.54) is 0 Å². The molecule has 1 atom stereocenters. The van der Waals surface area contributed by atoms with Crippen LogP contribution in [-0.4, -0.2) is 37.2 Å². The van der Waals surface area contributed by atoms with Crippen molar-refractivity contribution in [3.63, 3.8) is 0 Å². The summed E-state index contributed by atoms with van der Waals surface area (Å²) in [4.78, 5) is 12.3. The third kappa shape index (κ3) is 6.09. The predicted octanol–water partition coefficient (Wildman–Crippen LogP) is 3.46. The second-order valence-corrected chi connectivity index (χ2v) is 10.1. The lowest BCUT2D eigenvalue weighted by molar-refractivity contribution is 0.102. The molecular weight excluding hydrogens is 436 g/mol. The highest BCUT2D eigenvalue weighted by Crippen LogP contribution is 2.21. The Morgan fingerprint density at radius 1 is 1.10 bits per heavy atom. The van der Waals surface area contributed by atoms with Gasteiger partial charge >= 0.3 is 0 Å². The Labute approximate surface area is 185 Å². The predicted molar refractivity (Wildman–Crippen MR) is 120 cm³/mol. The molecule has 0 aliphatic rings. The summed E-state index contributed by atoms with van der Waals surface area (Å²) in [5.41, 5.74) is 3.65. The van der Waals surface area contributed by atoms with Crippen molar-refractivity contribution in [2.24, 2.45) is 0 Å². The Morgan fingerprint density at radius 2 is 1.87 bits per heavy atom. The topological polar surface area (TPSA) is 110 Å². The molecule has 31 heavy (non-hydrogen) atoms. The molecule has 0 fully saturated rings. The molecule has 0 aliphatic carbocycles. The van der Waals surface area contributed by atoms with Gasteiger partial charge in [-0.1, -0.05) is 35.1 Å². The van der Waals surface area contributed by atoms with Gasteiger partial charge in [0, 0.05) is 5.56 Å². The molecule has 1 amide bonds. The first-order valence-corrected chi connectivity index (χ1v) is 11.9. The van der Waals surface area contributed by atoms with Gasteiger partial charge in [-0.05, 0) is 63.1 Å². The second-order valence-electron chi connectivity index (χ2n) is 7.28. The highest BCUT2D eigenvalue weighted by Gasteiger charge is 2.23. The third-order valence-corrected chi connectivity index (χ3v) is 7.27. The molecule has 3 rings (SSSR count). The largest absolute Gasteiger partial charge is 0.492 e. The molecule has 0 aliphatic heterocycles. The minimum atomic E-state index is -3.90. The van der Waals surface area contributed by atoms with Crippen molar-refractivity contribution in [1.29, 1.82) is 0 Å². The summed E-state index contributed by atoms with van der Waals surface area (Å²) in [6.45, 7) is 7.72. The molecule has 3 aromatic rings. The van der Waals surface area contributed by atoms with Crippen LogP contribution in [0.15, 0.2) is 46.8 Å². The van der Waals surface area contributed by atoms with Crippen LogP contribution in [0, 0.1) is 20.8 Å². The number of nitrogens with one attached hydrogen (secondary N) is 2. The summed E-state index contributed by atoms with van der Waals surface area (Å²) in [7, 11) is -3.90. The van der Waals surface area contributed by atoms with Crippen LogP contribution in [0.3, 0.4) is 0 Å². The van der Waals surface area contributed by atoms with Crippen molar-refractivity contribution >= 4 is 32.4 Å². The zero-order valence-electron chi connectivity index (χ0n) is 17.7. The molecule has 2 aromatic carbocycles. The van der Waals surface area contributed by atoms with E-state index >= 15 is 0 Å². The van der Waals surface area contributed by atoms with E-state index in [0.29, 0.717) is 11.3 Å². The van der Waals surface area contributed by atoms with E-state index in [1.807, 2.05) is 45.0 Å². The first-order valence-electron chi connectivity index (χ1n) is 9.58. The molecule has 164 valence electrons. The Balaban J connectivity index is 1.59. The maximum atomic E-state index is 12.6. The zero-order valence-corrected chi connectivity index (χ0v) is 19.3. The lowest BCUT2D eigenvalue weighted by Gasteiger charge is -2.14. The maximum absolute atomic E-state index is 12.6. The van der Waals surface area contributed by atoms with Crippen LogP contribution >= 0.6 is 11.3 Å². The number of sulfonamides is 1. The number of ether oxygens (including phenoxy) is 1. The van der Waals surface area contributed by atoms with Gasteiger partial charge in [-0.25, -0.2) is 13.1 Å². The number of amides is 1. The number of carbonyl (C=O) groups excluding carboxylic acids is 1. The zero-order chi connectivity index (χ0) is 22.6. The lowest BCUT2D eigenvalue weighted by atomic mass is 10.1. The normalized spacial score (nSPS) is 12.4. The second kappa shape index (κ2) is 9.54. The smallest absolute Gasteiger partial charge is 0.270 e. The third-order valence-electron chi connectivity index (χ3n) is 4.47. The molecule has 0 spiro atoms. The average molecular weight is 461 g/mol. The van der Waals surface area contributed by atoms with Crippen LogP contribution in [-0.2, 0) is 10.0 Å². The number of benzene rings is 2. The summed E-state index contributed by atoms with van der Waals surface area (Å²) in [5.74, 6) is 0.290. The van der Waals surface area contributed by atoms with Crippen molar-refractivity contribution in [1.82, 2.24) is 14.9 Å². The highest BCUT2D eigenvalue weighted by molar-refractivity contribution is 7.91. The Morgan fingerprint density at radius 3 is 2.58 bits per heavy atom. The van der Waals surface area contributed by atoms with Crippen molar-refractivity contribution in [3.8, 4) is 5.75 Å². The fourth-order valence-electron chi connectivity index (χ4n) is 2.70. The maximum Gasteiger partial charge on any atom is 0.270 e. The fourth-order valence-corrected chi connectivity index (χ4v) is 4.84. The van der Waals surface area contributed by atoms with E-state index in [2.05, 4.69) is 20.2 Å². The van der Waals surface area contributed by atoms with Gasteiger partial charge in [-0.2, -0.15) is 0 Å². The molecule has 1 heterocycles. The van der Waals surface area contributed by atoms with E-state index in [0.717, 1.165) is 28.0 Å². The van der Waals surface area contributed by atoms with Crippen LogP contribution in [0.1, 0.15) is 34.0 Å². The Hall–Kier alpha value is -2.82. The highest BCUT2D eigenvalue weighted by atomic mass is 32.2. The number of aryl methyl sites for hydroxylation is 3. The summed E-state index contributed by atoms with van der Waals surface area (Å²) in [5, 5.41) is 10.2. The van der Waals surface area contributed by atoms with E-state index in [9.17, 15) is 13.2 Å². The van der Waals surface area contributed by atoms with Gasteiger partial charge in [0.25, 0.3) is 15.9 Å². The lowest BCUT2D eigenvalue weighted by Crippen LogP contribution is -2.36. The van der Waals surface area contributed by atoms with Crippen molar-refractivity contribution < 1.29 is 17.9 Å². The van der Waals surface area contributed by atoms with Gasteiger partial charge in [0.2, 0.25) is 9.47 Å². The van der Waals surface area contributed by atoms with E-state index in [4.69, 9.17) is 4.74 Å². The number of hydrogen-bond acceptors (Lipinski definition) is 7. The molecule has 0 radical (unpaired) electrons. The van der Waals surface area contributed by atoms with E-state index < -0.39 is 16.1 Å². The quantitative estimate of drug-likeness (QED) is 0.498. The van der Waals surface area contributed by atoms with Crippen molar-refractivity contribution in [3.05, 3.63) is 64.7 Å². The Bertz CT molecular complexity index is 1190. The SMILES string of the molecule is Cc1cccc(C(=O)Nc2nnc(S(=O)(=O)N[C@H](C)COc3ccc(C)c(C)c3)s2)c1. The molecule has 8 nitrogen and oxygen atoms in total. The number of nitrogens with zero attached hydrogens (tertiary/aromatic N) is 2. The standard InChI is InChI=1S/C21H24N4O4S2/c1-13-6-5-7-17(10-13)19(26)22-20-23-24-21(30-20)31(27,28)25-16(4)12-29-18-9-8-14(2)15(3)11-18/h5-11,16,25H,12H2,1-4H3,(H,22,23,26)/t16-/m1/s1. The van der Waals surface area contributed by atoms with Crippen molar-refractivity contribution in [2.75, 3.05) is 11.9 Å². The molecule has 0 saturated heterocycles. The molecule has 2 N–H and O–H groups in total. The minimum Gasteiger partial charge on any atom is -0.492 e. The fraction of sp³-hybridized carbons (Fsp3) is 0.286. The van der Waals surface area contributed by atoms with Gasteiger partial charge in [0.15, 0.2) is 0 Å². The van der Waals surface area contributed by atoms with Crippen LogP contribution in [0.5, 0.6) is 5.75 Å². The summed E-state index contributed by atoms with van der Waals surface area (Å²) in [6, 6.07) is 12.2. The molecule has 0 saturated carbocycles. The van der Waals surface area contributed by atoms with Gasteiger partial charge in [0.05, 0.1) is 6.04 Å². The molecule has 1 aromatic heterocycles. The number of rotatable bonds is 8. The number of aromatic nitrogens is 2. The molecule has 0 unspecified atom stereocenters. The molecular formula is C21H24N4O4S2. The van der Waals surface area contributed by atoms with Crippen LogP contribution in [0.2, 0.25) is 0 Å². The van der Waals surface area contributed by atoms with Crippen LogP contribution in [0.4, 0.5) is 5.13 Å². The number of carbonyl (C=O) groups is 1. The molecule has 0 bridgehead atoms. The number of anilines is 1. The first kappa shape index (κ1) is 22.9. The van der Waals surface area contributed by atoms with Gasteiger partial charge in [-0.3, -0.25) is 10.1 Å². The van der Waals surface area contributed by atoms with Gasteiger partial charge < -0.3 is 4.74 Å². The average Bonchev–Trinajstić information content (AvgIpc) is 3.18. The van der Waals surface area contributed by atoms with Gasteiger partial charge in [0.1, 0.15) is 12.4 Å². The van der Waals surface area contributed by atoms with E-state index in [1.54, 1.807) is 25.1 Å². The first-order chi connectivity index (χ1) is 14.6. The summed E-state index contributed by atoms with van der Waals surface area (Å²) in [6.07, 6.45) is 0. The van der Waals surface area contributed by atoms with Gasteiger partial charge in [-0.15, -0.1) is 10.2 Å². The van der Waals surface area contributed by atoms with E-state index in [-0.39, 0.29) is 22.0 Å².